The minimum atomic E-state index is -1.85. The third-order valence-electron chi connectivity index (χ3n) is 8.00. The zero-order valence-electron chi connectivity index (χ0n) is 29.1. The van der Waals surface area contributed by atoms with Gasteiger partial charge in [-0.05, 0) is 48.9 Å². The Labute approximate surface area is 294 Å². The molecule has 0 radical (unpaired) electrons. The van der Waals surface area contributed by atoms with E-state index in [0.717, 1.165) is 0 Å². The number of hydrogen-bond acceptors (Lipinski definition) is 12. The van der Waals surface area contributed by atoms with Crippen LogP contribution in [0.25, 0.3) is 0 Å². The van der Waals surface area contributed by atoms with Crippen LogP contribution in [0.5, 0.6) is 0 Å². The third kappa shape index (κ3) is 13.2. The highest BCUT2D eigenvalue weighted by Crippen LogP contribution is 2.27. The Morgan fingerprint density at radius 3 is 2.08 bits per heavy atom. The number of ether oxygens (including phenoxy) is 2. The Bertz CT molecular complexity index is 1430. The molecule has 1 saturated heterocycles. The summed E-state index contributed by atoms with van der Waals surface area (Å²) in [7, 11) is 0. The molecule has 1 heterocycles. The van der Waals surface area contributed by atoms with Crippen LogP contribution in [0.15, 0.2) is 18.2 Å². The molecule has 51 heavy (non-hydrogen) atoms. The number of carbonyl (C=O) groups is 7. The van der Waals surface area contributed by atoms with E-state index in [2.05, 4.69) is 21.3 Å². The van der Waals surface area contributed by atoms with Crippen LogP contribution >= 0.6 is 0 Å². The summed E-state index contributed by atoms with van der Waals surface area (Å²) in [6, 6.07) is 2.49. The molecule has 1 unspecified atom stereocenters. The van der Waals surface area contributed by atoms with Crippen molar-refractivity contribution in [3.05, 3.63) is 29.3 Å². The van der Waals surface area contributed by atoms with Crippen molar-refractivity contribution >= 4 is 47.2 Å². The molecule has 0 aromatic heterocycles. The molecule has 284 valence electrons. The molecule has 1 aromatic rings. The molecule has 1 fully saturated rings. The maximum Gasteiger partial charge on any atom is 0.335 e. The maximum absolute atomic E-state index is 13.1. The average Bonchev–Trinajstić information content (AvgIpc) is 3.06. The molecule has 0 bridgehead atoms. The van der Waals surface area contributed by atoms with Gasteiger partial charge in [-0.25, -0.2) is 4.79 Å². The van der Waals surface area contributed by atoms with Crippen molar-refractivity contribution in [1.82, 2.24) is 16.0 Å². The highest BCUT2D eigenvalue weighted by molar-refractivity contribution is 5.98. The SMILES string of the molecule is CC(C)C(=O)OCc1ccc(NC(=O)[C@H](C)NC(=O)[C@@H](NC(=O)CNC(=O)CCC(=O)O)C(C)C)cc1CCC1O[C@H](C(=O)O)[C@@H](O)[C@H](O)[C@H]1O. The van der Waals surface area contributed by atoms with Gasteiger partial charge < -0.3 is 56.3 Å². The molecule has 1 aromatic carbocycles. The lowest BCUT2D eigenvalue weighted by atomic mass is 9.91. The topological polar surface area (TPSA) is 287 Å². The molecule has 1 aliphatic rings. The average molecular weight is 725 g/mol. The van der Waals surface area contributed by atoms with Crippen LogP contribution in [-0.2, 0) is 56.1 Å². The van der Waals surface area contributed by atoms with E-state index in [4.69, 9.17) is 14.6 Å². The normalized spacial score (nSPS) is 21.3. The van der Waals surface area contributed by atoms with E-state index < -0.39 is 109 Å². The largest absolute Gasteiger partial charge is 0.481 e. The summed E-state index contributed by atoms with van der Waals surface area (Å²) in [5.74, 6) is -6.66. The lowest BCUT2D eigenvalue weighted by molar-refractivity contribution is -0.228. The molecule has 18 heteroatoms. The Balaban J connectivity index is 2.13. The number of nitrogens with one attached hydrogen (secondary N) is 4. The minimum Gasteiger partial charge on any atom is -0.481 e. The van der Waals surface area contributed by atoms with Gasteiger partial charge in [-0.2, -0.15) is 0 Å². The first-order valence-electron chi connectivity index (χ1n) is 16.4. The van der Waals surface area contributed by atoms with Crippen LogP contribution in [0.2, 0.25) is 0 Å². The number of carbonyl (C=O) groups excluding carboxylic acids is 5. The van der Waals surface area contributed by atoms with Crippen molar-refractivity contribution in [3.8, 4) is 0 Å². The molecule has 7 atom stereocenters. The summed E-state index contributed by atoms with van der Waals surface area (Å²) in [6.45, 7) is 7.41. The van der Waals surface area contributed by atoms with Gasteiger partial charge in [-0.3, -0.25) is 28.8 Å². The Morgan fingerprint density at radius 2 is 1.49 bits per heavy atom. The van der Waals surface area contributed by atoms with Crippen LogP contribution in [0.1, 0.15) is 65.0 Å². The van der Waals surface area contributed by atoms with Crippen molar-refractivity contribution in [2.45, 2.75) is 110 Å². The lowest BCUT2D eigenvalue weighted by Gasteiger charge is -2.39. The first-order valence-corrected chi connectivity index (χ1v) is 16.4. The van der Waals surface area contributed by atoms with Gasteiger partial charge >= 0.3 is 17.9 Å². The number of aliphatic carboxylic acids is 2. The molecular weight excluding hydrogens is 676 g/mol. The van der Waals surface area contributed by atoms with Crippen molar-refractivity contribution < 1.29 is 68.6 Å². The number of esters is 1. The lowest BCUT2D eigenvalue weighted by Crippen LogP contribution is -2.59. The van der Waals surface area contributed by atoms with Gasteiger partial charge in [0.15, 0.2) is 6.10 Å². The molecule has 0 aliphatic carbocycles. The van der Waals surface area contributed by atoms with Crippen molar-refractivity contribution in [1.29, 1.82) is 0 Å². The van der Waals surface area contributed by atoms with E-state index in [0.29, 0.717) is 11.1 Å². The van der Waals surface area contributed by atoms with Crippen LogP contribution in [-0.4, -0.2) is 116 Å². The summed E-state index contributed by atoms with van der Waals surface area (Å²) < 4.78 is 10.7. The number of rotatable bonds is 18. The first-order chi connectivity index (χ1) is 23.8. The van der Waals surface area contributed by atoms with Gasteiger partial charge in [0.25, 0.3) is 0 Å². The second kappa shape index (κ2) is 19.7. The van der Waals surface area contributed by atoms with Gasteiger partial charge in [0.1, 0.15) is 37.0 Å². The number of aryl methyl sites for hydroxylation is 1. The number of hydrogen-bond donors (Lipinski definition) is 9. The minimum absolute atomic E-state index is 0.0297. The van der Waals surface area contributed by atoms with E-state index >= 15 is 0 Å². The maximum atomic E-state index is 13.1. The predicted molar refractivity (Wildman–Crippen MR) is 177 cm³/mol. The Morgan fingerprint density at radius 1 is 0.824 bits per heavy atom. The molecule has 2 rings (SSSR count). The Hall–Kier alpha value is -4.65. The molecule has 18 nitrogen and oxygen atoms in total. The van der Waals surface area contributed by atoms with Crippen molar-refractivity contribution in [2.75, 3.05) is 11.9 Å². The van der Waals surface area contributed by atoms with E-state index in [-0.39, 0.29) is 31.6 Å². The van der Waals surface area contributed by atoms with Gasteiger partial charge in [-0.15, -0.1) is 0 Å². The van der Waals surface area contributed by atoms with Gasteiger partial charge in [-0.1, -0.05) is 33.8 Å². The van der Waals surface area contributed by atoms with E-state index in [1.807, 2.05) is 0 Å². The molecule has 4 amide bonds. The van der Waals surface area contributed by atoms with Gasteiger partial charge in [0.2, 0.25) is 23.6 Å². The van der Waals surface area contributed by atoms with Crippen molar-refractivity contribution in [2.24, 2.45) is 11.8 Å². The standard InChI is InChI=1S/C33H48N4O14/c1-15(2)25(37-23(39)13-34-22(38)10-11-24(40)41)31(46)35-17(5)30(45)36-20-8-6-19(14-50-33(49)16(3)4)18(12-20)7-9-21-26(42)27(43)28(44)29(51-21)32(47)48/h6,8,12,15-17,21,25-29,42-44H,7,9-11,13-14H2,1-5H3,(H,34,38)(H,35,46)(H,36,45)(H,37,39)(H,40,41)(H,47,48)/t17-,21?,25-,26-,27+,28-,29-/m0/s1. The van der Waals surface area contributed by atoms with Crippen molar-refractivity contribution in [3.63, 3.8) is 0 Å². The van der Waals surface area contributed by atoms with Crippen LogP contribution in [0.3, 0.4) is 0 Å². The van der Waals surface area contributed by atoms with Crippen LogP contribution < -0.4 is 21.3 Å². The number of aliphatic hydroxyl groups is 3. The second-order valence-corrected chi connectivity index (χ2v) is 12.9. The summed E-state index contributed by atoms with van der Waals surface area (Å²) in [5, 5.41) is 58.7. The summed E-state index contributed by atoms with van der Waals surface area (Å²) in [6.07, 6.45) is -8.86. The highest BCUT2D eigenvalue weighted by Gasteiger charge is 2.46. The van der Waals surface area contributed by atoms with Gasteiger partial charge in [0.05, 0.1) is 25.0 Å². The fraction of sp³-hybridized carbons (Fsp3) is 0.606. The number of amides is 4. The van der Waals surface area contributed by atoms with Crippen LogP contribution in [0.4, 0.5) is 5.69 Å². The zero-order chi connectivity index (χ0) is 38.6. The number of aliphatic hydroxyl groups excluding tert-OH is 3. The first kappa shape index (κ1) is 42.5. The highest BCUT2D eigenvalue weighted by atomic mass is 16.6. The quantitative estimate of drug-likeness (QED) is 0.0806. The summed E-state index contributed by atoms with van der Waals surface area (Å²) >= 11 is 0. The summed E-state index contributed by atoms with van der Waals surface area (Å²) in [4.78, 5) is 84.6. The van der Waals surface area contributed by atoms with Crippen LogP contribution in [0, 0.1) is 11.8 Å². The molecule has 0 spiro atoms. The van der Waals surface area contributed by atoms with E-state index in [9.17, 15) is 54.0 Å². The molecule has 9 N–H and O–H groups in total. The number of anilines is 1. The zero-order valence-corrected chi connectivity index (χ0v) is 29.1. The van der Waals surface area contributed by atoms with E-state index in [1.165, 1.54) is 13.0 Å². The predicted octanol–water partition coefficient (Wildman–Crippen LogP) is -1.18. The summed E-state index contributed by atoms with van der Waals surface area (Å²) in [5.41, 5.74) is 1.31. The molecular formula is C33H48N4O14. The van der Waals surface area contributed by atoms with E-state index in [1.54, 1.807) is 39.8 Å². The second-order valence-electron chi connectivity index (χ2n) is 12.9. The smallest absolute Gasteiger partial charge is 0.335 e. The fourth-order valence-electron chi connectivity index (χ4n) is 4.95. The molecule has 0 saturated carbocycles. The Kier molecular flexibility index (Phi) is 16.4. The third-order valence-corrected chi connectivity index (χ3v) is 8.00. The van der Waals surface area contributed by atoms with Gasteiger partial charge in [0, 0.05) is 12.1 Å². The molecule has 1 aliphatic heterocycles. The number of carboxylic acid groups (broad SMARTS) is 2. The fourth-order valence-corrected chi connectivity index (χ4v) is 4.95. The number of benzene rings is 1. The number of carboxylic acids is 2. The monoisotopic (exact) mass is 724 g/mol.